The molecule has 1 unspecified atom stereocenters. The zero-order chi connectivity index (χ0) is 18.6. The molecule has 3 heterocycles. The number of amides is 1. The summed E-state index contributed by atoms with van der Waals surface area (Å²) >= 11 is 0. The SMILES string of the molecule is C=CCN1CCC2(CCC1=O)CN(c1cc(COC)ncn1)CCN2C. The van der Waals surface area contributed by atoms with Gasteiger partial charge in [0, 0.05) is 57.9 Å². The summed E-state index contributed by atoms with van der Waals surface area (Å²) in [6, 6.07) is 2.01. The lowest BCUT2D eigenvalue weighted by molar-refractivity contribution is -0.130. The number of anilines is 1. The Kier molecular flexibility index (Phi) is 5.88. The molecule has 3 rings (SSSR count). The molecular formula is C19H29N5O2. The fraction of sp³-hybridized carbons (Fsp3) is 0.632. The molecule has 2 aliphatic heterocycles. The van der Waals surface area contributed by atoms with Crippen LogP contribution >= 0.6 is 0 Å². The predicted molar refractivity (Wildman–Crippen MR) is 101 cm³/mol. The molecule has 26 heavy (non-hydrogen) atoms. The van der Waals surface area contributed by atoms with Gasteiger partial charge in [0.15, 0.2) is 0 Å². The third-order valence-electron chi connectivity index (χ3n) is 5.68. The van der Waals surface area contributed by atoms with Crippen molar-refractivity contribution in [3.63, 3.8) is 0 Å². The first-order chi connectivity index (χ1) is 12.6. The van der Waals surface area contributed by atoms with E-state index in [4.69, 9.17) is 4.74 Å². The molecule has 1 amide bonds. The summed E-state index contributed by atoms with van der Waals surface area (Å²) in [6.45, 7) is 8.43. The molecule has 1 atom stereocenters. The van der Waals surface area contributed by atoms with E-state index in [-0.39, 0.29) is 11.4 Å². The summed E-state index contributed by atoms with van der Waals surface area (Å²) in [7, 11) is 3.85. The summed E-state index contributed by atoms with van der Waals surface area (Å²) in [5.41, 5.74) is 0.884. The van der Waals surface area contributed by atoms with Crippen LogP contribution in [-0.4, -0.2) is 78.1 Å². The van der Waals surface area contributed by atoms with Gasteiger partial charge in [-0.3, -0.25) is 9.69 Å². The number of carbonyl (C=O) groups excluding carboxylic acids is 1. The third kappa shape index (κ3) is 3.88. The van der Waals surface area contributed by atoms with Gasteiger partial charge in [-0.05, 0) is 19.9 Å². The first kappa shape index (κ1) is 18.8. The zero-order valence-electron chi connectivity index (χ0n) is 15.9. The van der Waals surface area contributed by atoms with Gasteiger partial charge in [0.05, 0.1) is 12.3 Å². The lowest BCUT2D eigenvalue weighted by atomic mass is 9.86. The molecule has 0 N–H and O–H groups in total. The highest BCUT2D eigenvalue weighted by Crippen LogP contribution is 2.33. The Balaban J connectivity index is 1.78. The molecule has 7 nitrogen and oxygen atoms in total. The monoisotopic (exact) mass is 359 g/mol. The van der Waals surface area contributed by atoms with Crippen LogP contribution in [0.1, 0.15) is 25.0 Å². The van der Waals surface area contributed by atoms with E-state index in [1.165, 1.54) is 0 Å². The van der Waals surface area contributed by atoms with Gasteiger partial charge in [-0.25, -0.2) is 9.97 Å². The van der Waals surface area contributed by atoms with E-state index in [0.29, 0.717) is 19.6 Å². The summed E-state index contributed by atoms with van der Waals surface area (Å²) in [5, 5.41) is 0. The van der Waals surface area contributed by atoms with Crippen molar-refractivity contribution < 1.29 is 9.53 Å². The van der Waals surface area contributed by atoms with Crippen molar-refractivity contribution >= 4 is 11.7 Å². The Bertz CT molecular complexity index is 653. The largest absolute Gasteiger partial charge is 0.378 e. The van der Waals surface area contributed by atoms with Gasteiger partial charge in [-0.1, -0.05) is 6.08 Å². The average Bonchev–Trinajstić information content (AvgIpc) is 2.80. The Morgan fingerprint density at radius 2 is 2.15 bits per heavy atom. The van der Waals surface area contributed by atoms with E-state index in [2.05, 4.69) is 33.4 Å². The lowest BCUT2D eigenvalue weighted by Crippen LogP contribution is -2.61. The van der Waals surface area contributed by atoms with E-state index < -0.39 is 0 Å². The maximum atomic E-state index is 12.4. The van der Waals surface area contributed by atoms with Crippen LogP contribution in [0.5, 0.6) is 0 Å². The van der Waals surface area contributed by atoms with Crippen molar-refractivity contribution in [2.45, 2.75) is 31.4 Å². The molecule has 1 aromatic rings. The maximum absolute atomic E-state index is 12.4. The second kappa shape index (κ2) is 8.14. The van der Waals surface area contributed by atoms with Crippen LogP contribution in [-0.2, 0) is 16.1 Å². The van der Waals surface area contributed by atoms with Crippen LogP contribution in [0.2, 0.25) is 0 Å². The first-order valence-electron chi connectivity index (χ1n) is 9.23. The standard InChI is InChI=1S/C19H29N5O2/c1-4-8-23-9-7-19(6-5-18(23)25)14-24(11-10-22(19)2)17-12-16(13-26-3)20-15-21-17/h4,12,15H,1,5-11,13-14H2,2-3H3. The number of aromatic nitrogens is 2. The number of hydrogen-bond acceptors (Lipinski definition) is 6. The van der Waals surface area contributed by atoms with Crippen LogP contribution in [0.4, 0.5) is 5.82 Å². The smallest absolute Gasteiger partial charge is 0.222 e. The van der Waals surface area contributed by atoms with Crippen molar-refractivity contribution in [3.8, 4) is 0 Å². The molecule has 1 aromatic heterocycles. The minimum absolute atomic E-state index is 0.00377. The van der Waals surface area contributed by atoms with Crippen LogP contribution < -0.4 is 4.90 Å². The summed E-state index contributed by atoms with van der Waals surface area (Å²) in [4.78, 5) is 27.9. The summed E-state index contributed by atoms with van der Waals surface area (Å²) in [5.74, 6) is 1.18. The number of nitrogens with zero attached hydrogens (tertiary/aromatic N) is 5. The highest BCUT2D eigenvalue weighted by molar-refractivity contribution is 5.76. The van der Waals surface area contributed by atoms with Crippen LogP contribution in [0.25, 0.3) is 0 Å². The molecule has 0 aliphatic carbocycles. The van der Waals surface area contributed by atoms with Gasteiger partial charge in [-0.2, -0.15) is 0 Å². The van der Waals surface area contributed by atoms with Gasteiger partial charge in [0.25, 0.3) is 0 Å². The van der Waals surface area contributed by atoms with E-state index in [0.717, 1.165) is 50.5 Å². The molecule has 2 saturated heterocycles. The number of piperazine rings is 1. The molecule has 142 valence electrons. The third-order valence-corrected chi connectivity index (χ3v) is 5.68. The number of rotatable bonds is 5. The van der Waals surface area contributed by atoms with Crippen LogP contribution in [0.3, 0.4) is 0 Å². The normalized spacial score (nSPS) is 24.8. The van der Waals surface area contributed by atoms with Crippen molar-refractivity contribution in [1.29, 1.82) is 0 Å². The van der Waals surface area contributed by atoms with Crippen molar-refractivity contribution in [3.05, 3.63) is 30.7 Å². The highest BCUT2D eigenvalue weighted by Gasteiger charge is 2.42. The highest BCUT2D eigenvalue weighted by atomic mass is 16.5. The minimum atomic E-state index is -0.00377. The Hall–Kier alpha value is -1.99. The molecule has 2 aliphatic rings. The molecule has 0 bridgehead atoms. The van der Waals surface area contributed by atoms with Gasteiger partial charge >= 0.3 is 0 Å². The molecule has 7 heteroatoms. The second-order valence-electron chi connectivity index (χ2n) is 7.25. The number of hydrogen-bond donors (Lipinski definition) is 0. The van der Waals surface area contributed by atoms with Crippen LogP contribution in [0.15, 0.2) is 25.0 Å². The van der Waals surface area contributed by atoms with Gasteiger partial charge in [0.2, 0.25) is 5.91 Å². The quantitative estimate of drug-likeness (QED) is 0.739. The summed E-state index contributed by atoms with van der Waals surface area (Å²) < 4.78 is 5.19. The van der Waals surface area contributed by atoms with Crippen molar-refractivity contribution in [1.82, 2.24) is 19.8 Å². The van der Waals surface area contributed by atoms with Gasteiger partial charge < -0.3 is 14.5 Å². The molecule has 0 radical (unpaired) electrons. The molecule has 2 fully saturated rings. The Morgan fingerprint density at radius 1 is 1.31 bits per heavy atom. The van der Waals surface area contributed by atoms with E-state index >= 15 is 0 Å². The van der Waals surface area contributed by atoms with E-state index in [9.17, 15) is 4.79 Å². The second-order valence-corrected chi connectivity index (χ2v) is 7.25. The van der Waals surface area contributed by atoms with Crippen molar-refractivity contribution in [2.75, 3.05) is 51.8 Å². The number of ether oxygens (including phenoxy) is 1. The number of carbonyl (C=O) groups is 1. The fourth-order valence-corrected chi connectivity index (χ4v) is 4.02. The molecule has 1 spiro atoms. The van der Waals surface area contributed by atoms with Crippen molar-refractivity contribution in [2.24, 2.45) is 0 Å². The van der Waals surface area contributed by atoms with E-state index in [1.54, 1.807) is 13.4 Å². The topological polar surface area (TPSA) is 61.8 Å². The zero-order valence-corrected chi connectivity index (χ0v) is 15.9. The van der Waals surface area contributed by atoms with E-state index in [1.807, 2.05) is 17.0 Å². The summed E-state index contributed by atoms with van der Waals surface area (Å²) in [6.07, 6.45) is 5.85. The average molecular weight is 359 g/mol. The van der Waals surface area contributed by atoms with Gasteiger partial charge in [-0.15, -0.1) is 6.58 Å². The van der Waals surface area contributed by atoms with Crippen LogP contribution in [0, 0.1) is 0 Å². The first-order valence-corrected chi connectivity index (χ1v) is 9.23. The lowest BCUT2D eigenvalue weighted by Gasteiger charge is -2.49. The molecular weight excluding hydrogens is 330 g/mol. The Morgan fingerprint density at radius 3 is 2.92 bits per heavy atom. The molecule has 0 saturated carbocycles. The fourth-order valence-electron chi connectivity index (χ4n) is 4.02. The molecule has 0 aromatic carbocycles. The number of likely N-dealkylation sites (tertiary alicyclic amines) is 1. The minimum Gasteiger partial charge on any atom is -0.378 e. The number of methoxy groups -OCH3 is 1. The Labute approximate surface area is 155 Å². The predicted octanol–water partition coefficient (Wildman–Crippen LogP) is 1.31. The maximum Gasteiger partial charge on any atom is 0.222 e. The van der Waals surface area contributed by atoms with Gasteiger partial charge in [0.1, 0.15) is 12.1 Å². The number of likely N-dealkylation sites (N-methyl/N-ethyl adjacent to an activating group) is 1.